The minimum Gasteiger partial charge on any atom is -0.321 e. The van der Waals surface area contributed by atoms with Crippen LogP contribution in [-0.2, 0) is 5.54 Å². The Morgan fingerprint density at radius 3 is 2.41 bits per heavy atom. The molecule has 1 fully saturated rings. The van der Waals surface area contributed by atoms with Crippen LogP contribution in [0, 0.1) is 5.92 Å². The molecular weight excluding hydrogens is 230 g/mol. The second-order valence-electron chi connectivity index (χ2n) is 5.48. The van der Waals surface area contributed by atoms with E-state index in [-0.39, 0.29) is 5.54 Å². The molecule has 0 amide bonds. The average molecular weight is 252 g/mol. The molecule has 2 N–H and O–H groups in total. The van der Waals surface area contributed by atoms with Crippen LogP contribution in [0.3, 0.4) is 0 Å². The van der Waals surface area contributed by atoms with Gasteiger partial charge in [0.25, 0.3) is 0 Å². The highest BCUT2D eigenvalue weighted by molar-refractivity contribution is 6.30. The Bertz CT molecular complexity index is 365. The molecule has 0 saturated heterocycles. The minimum atomic E-state index is -0.241. The molecular formula is C15H22ClN. The second kappa shape index (κ2) is 5.41. The first-order chi connectivity index (χ1) is 8.10. The van der Waals surface area contributed by atoms with E-state index < -0.39 is 0 Å². The molecule has 2 heteroatoms. The van der Waals surface area contributed by atoms with Crippen LogP contribution in [0.4, 0.5) is 0 Å². The molecule has 1 aromatic rings. The zero-order valence-corrected chi connectivity index (χ0v) is 11.3. The lowest BCUT2D eigenvalue weighted by atomic mass is 9.76. The number of hydrogen-bond donors (Lipinski definition) is 1. The van der Waals surface area contributed by atoms with Gasteiger partial charge >= 0.3 is 0 Å². The number of benzene rings is 1. The minimum absolute atomic E-state index is 0.241. The van der Waals surface area contributed by atoms with Crippen LogP contribution >= 0.6 is 11.6 Å². The predicted molar refractivity (Wildman–Crippen MR) is 74.2 cm³/mol. The molecule has 1 saturated carbocycles. The van der Waals surface area contributed by atoms with Crippen LogP contribution in [-0.4, -0.2) is 0 Å². The molecule has 0 heterocycles. The summed E-state index contributed by atoms with van der Waals surface area (Å²) in [6, 6.07) is 8.04. The van der Waals surface area contributed by atoms with Crippen molar-refractivity contribution in [1.82, 2.24) is 0 Å². The van der Waals surface area contributed by atoms with Gasteiger partial charge in [-0.2, -0.15) is 0 Å². The standard InChI is InChI=1S/C15H22ClN/c1-15(17,12-7-4-2-3-5-8-12)13-9-6-10-14(16)11-13/h6,9-12H,2-5,7-8,17H2,1H3. The molecule has 1 aromatic carbocycles. The van der Waals surface area contributed by atoms with Crippen LogP contribution in [0.25, 0.3) is 0 Å². The van der Waals surface area contributed by atoms with Gasteiger partial charge in [-0.1, -0.05) is 49.4 Å². The lowest BCUT2D eigenvalue weighted by Crippen LogP contribution is -2.41. The van der Waals surface area contributed by atoms with Crippen molar-refractivity contribution < 1.29 is 0 Å². The Morgan fingerprint density at radius 2 is 1.82 bits per heavy atom. The number of nitrogens with two attached hydrogens (primary N) is 1. The van der Waals surface area contributed by atoms with Gasteiger partial charge in [-0.25, -0.2) is 0 Å². The third-order valence-corrected chi connectivity index (χ3v) is 4.38. The number of halogens is 1. The largest absolute Gasteiger partial charge is 0.321 e. The fraction of sp³-hybridized carbons (Fsp3) is 0.600. The molecule has 1 atom stereocenters. The Kier molecular flexibility index (Phi) is 4.11. The fourth-order valence-corrected chi connectivity index (χ4v) is 3.13. The summed E-state index contributed by atoms with van der Waals surface area (Å²) in [6.45, 7) is 2.16. The molecule has 2 rings (SSSR count). The maximum absolute atomic E-state index is 6.59. The van der Waals surface area contributed by atoms with Gasteiger partial charge in [0.15, 0.2) is 0 Å². The molecule has 0 aliphatic heterocycles. The first-order valence-corrected chi connectivity index (χ1v) is 7.03. The molecule has 0 spiro atoms. The Balaban J connectivity index is 2.21. The van der Waals surface area contributed by atoms with Gasteiger partial charge in [0.05, 0.1) is 0 Å². The van der Waals surface area contributed by atoms with Crippen LogP contribution < -0.4 is 5.73 Å². The topological polar surface area (TPSA) is 26.0 Å². The molecule has 1 nitrogen and oxygen atoms in total. The van der Waals surface area contributed by atoms with Gasteiger partial charge in [-0.15, -0.1) is 0 Å². The van der Waals surface area contributed by atoms with Crippen molar-refractivity contribution in [2.45, 2.75) is 51.0 Å². The second-order valence-corrected chi connectivity index (χ2v) is 5.92. The summed E-state index contributed by atoms with van der Waals surface area (Å²) in [5.74, 6) is 0.587. The maximum atomic E-state index is 6.59. The first kappa shape index (κ1) is 12.9. The Morgan fingerprint density at radius 1 is 1.18 bits per heavy atom. The summed E-state index contributed by atoms with van der Waals surface area (Å²) in [5.41, 5.74) is 7.53. The molecule has 94 valence electrons. The van der Waals surface area contributed by atoms with Crippen LogP contribution in [0.5, 0.6) is 0 Å². The average Bonchev–Trinajstić information content (AvgIpc) is 2.58. The van der Waals surface area contributed by atoms with Crippen LogP contribution in [0.15, 0.2) is 24.3 Å². The van der Waals surface area contributed by atoms with Crippen LogP contribution in [0.2, 0.25) is 5.02 Å². The van der Waals surface area contributed by atoms with Crippen molar-refractivity contribution in [3.8, 4) is 0 Å². The van der Waals surface area contributed by atoms with E-state index in [1.54, 1.807) is 0 Å². The van der Waals surface area contributed by atoms with E-state index in [9.17, 15) is 0 Å². The van der Waals surface area contributed by atoms with E-state index in [1.165, 1.54) is 44.1 Å². The summed E-state index contributed by atoms with van der Waals surface area (Å²) in [5, 5.41) is 0.785. The zero-order valence-electron chi connectivity index (χ0n) is 10.6. The SMILES string of the molecule is CC(N)(c1cccc(Cl)c1)C1CCCCCC1. The van der Waals surface area contributed by atoms with E-state index in [0.717, 1.165) is 5.02 Å². The fourth-order valence-electron chi connectivity index (χ4n) is 2.94. The summed E-state index contributed by atoms with van der Waals surface area (Å²) in [4.78, 5) is 0. The van der Waals surface area contributed by atoms with Gasteiger partial charge in [0.1, 0.15) is 0 Å². The predicted octanol–water partition coefficient (Wildman–Crippen LogP) is 4.48. The van der Waals surface area contributed by atoms with Crippen molar-refractivity contribution in [2.24, 2.45) is 11.7 Å². The summed E-state index contributed by atoms with van der Waals surface area (Å²) in [7, 11) is 0. The van der Waals surface area contributed by atoms with Crippen LogP contribution in [0.1, 0.15) is 51.0 Å². The van der Waals surface area contributed by atoms with Crippen molar-refractivity contribution in [3.05, 3.63) is 34.9 Å². The quantitative estimate of drug-likeness (QED) is 0.771. The molecule has 1 aliphatic rings. The third kappa shape index (κ3) is 3.02. The van der Waals surface area contributed by atoms with E-state index in [1.807, 2.05) is 18.2 Å². The third-order valence-electron chi connectivity index (χ3n) is 4.15. The van der Waals surface area contributed by atoms with Crippen molar-refractivity contribution in [2.75, 3.05) is 0 Å². The maximum Gasteiger partial charge on any atom is 0.0410 e. The normalized spacial score (nSPS) is 21.8. The molecule has 1 aliphatic carbocycles. The highest BCUT2D eigenvalue weighted by Gasteiger charge is 2.32. The van der Waals surface area contributed by atoms with Gasteiger partial charge < -0.3 is 5.73 Å². The van der Waals surface area contributed by atoms with E-state index >= 15 is 0 Å². The first-order valence-electron chi connectivity index (χ1n) is 6.65. The van der Waals surface area contributed by atoms with E-state index in [2.05, 4.69) is 13.0 Å². The monoisotopic (exact) mass is 251 g/mol. The number of rotatable bonds is 2. The van der Waals surface area contributed by atoms with Gasteiger partial charge in [0, 0.05) is 10.6 Å². The molecule has 0 bridgehead atoms. The number of hydrogen-bond acceptors (Lipinski definition) is 1. The van der Waals surface area contributed by atoms with Gasteiger partial charge in [-0.05, 0) is 43.4 Å². The molecule has 0 radical (unpaired) electrons. The van der Waals surface area contributed by atoms with Gasteiger partial charge in [-0.3, -0.25) is 0 Å². The van der Waals surface area contributed by atoms with Gasteiger partial charge in [0.2, 0.25) is 0 Å². The molecule has 0 aromatic heterocycles. The highest BCUT2D eigenvalue weighted by atomic mass is 35.5. The Hall–Kier alpha value is -0.530. The van der Waals surface area contributed by atoms with E-state index in [0.29, 0.717) is 5.92 Å². The lowest BCUT2D eigenvalue weighted by molar-refractivity contribution is 0.269. The summed E-state index contributed by atoms with van der Waals surface area (Å²) in [6.07, 6.45) is 7.86. The smallest absolute Gasteiger partial charge is 0.0410 e. The van der Waals surface area contributed by atoms with Crippen molar-refractivity contribution >= 4 is 11.6 Å². The summed E-state index contributed by atoms with van der Waals surface area (Å²) < 4.78 is 0. The lowest BCUT2D eigenvalue weighted by Gasteiger charge is -2.34. The molecule has 1 unspecified atom stereocenters. The molecule has 17 heavy (non-hydrogen) atoms. The Labute approximate surface area is 109 Å². The van der Waals surface area contributed by atoms with Crippen molar-refractivity contribution in [3.63, 3.8) is 0 Å². The van der Waals surface area contributed by atoms with E-state index in [4.69, 9.17) is 17.3 Å². The summed E-state index contributed by atoms with van der Waals surface area (Å²) >= 11 is 6.07. The highest BCUT2D eigenvalue weighted by Crippen LogP contribution is 2.37. The zero-order chi connectivity index (χ0) is 12.3. The van der Waals surface area contributed by atoms with Crippen molar-refractivity contribution in [1.29, 1.82) is 0 Å².